The number of carbonyl (C=O) groups excluding carboxylic acids is 1. The van der Waals surface area contributed by atoms with E-state index in [4.69, 9.17) is 4.52 Å². The molecule has 0 aromatic carbocycles. The van der Waals surface area contributed by atoms with E-state index in [2.05, 4.69) is 26.1 Å². The second-order valence-electron chi connectivity index (χ2n) is 7.32. The van der Waals surface area contributed by atoms with Gasteiger partial charge >= 0.3 is 0 Å². The molecule has 1 saturated carbocycles. The molecule has 2 aromatic heterocycles. The molecule has 0 N–H and O–H groups in total. The zero-order valence-corrected chi connectivity index (χ0v) is 15.2. The summed E-state index contributed by atoms with van der Waals surface area (Å²) in [5.74, 6) is 2.06. The molecule has 4 rings (SSSR count). The number of pyridine rings is 1. The summed E-state index contributed by atoms with van der Waals surface area (Å²) in [7, 11) is 0. The second kappa shape index (κ2) is 7.53. The van der Waals surface area contributed by atoms with Gasteiger partial charge in [0, 0.05) is 63.9 Å². The zero-order chi connectivity index (χ0) is 17.9. The number of hydrogen-bond donors (Lipinski definition) is 0. The van der Waals surface area contributed by atoms with Gasteiger partial charge in [0.2, 0.25) is 11.8 Å². The van der Waals surface area contributed by atoms with E-state index in [9.17, 15) is 4.79 Å². The third kappa shape index (κ3) is 4.09. The minimum absolute atomic E-state index is 0.115. The summed E-state index contributed by atoms with van der Waals surface area (Å²) in [4.78, 5) is 25.2. The molecular formula is C19H25N5O2. The molecule has 3 heterocycles. The molecule has 2 aromatic rings. The molecular weight excluding hydrogens is 330 g/mol. The summed E-state index contributed by atoms with van der Waals surface area (Å²) in [6.07, 6.45) is 7.64. The van der Waals surface area contributed by atoms with Gasteiger partial charge in [0.1, 0.15) is 0 Å². The normalized spacial score (nSPS) is 20.4. The first kappa shape index (κ1) is 17.1. The highest BCUT2D eigenvalue weighted by molar-refractivity contribution is 5.73. The molecule has 2 aliphatic rings. The average Bonchev–Trinajstić information content (AvgIpc) is 3.21. The predicted octanol–water partition coefficient (Wildman–Crippen LogP) is 2.01. The topological polar surface area (TPSA) is 75.4 Å². The Morgan fingerprint density at radius 1 is 1.38 bits per heavy atom. The van der Waals surface area contributed by atoms with Crippen molar-refractivity contribution in [2.24, 2.45) is 0 Å². The van der Waals surface area contributed by atoms with Crippen LogP contribution in [0.1, 0.15) is 49.4 Å². The van der Waals surface area contributed by atoms with Gasteiger partial charge < -0.3 is 9.42 Å². The van der Waals surface area contributed by atoms with Gasteiger partial charge in [-0.15, -0.1) is 0 Å². The van der Waals surface area contributed by atoms with Crippen LogP contribution < -0.4 is 0 Å². The Balaban J connectivity index is 1.32. The lowest BCUT2D eigenvalue weighted by Gasteiger charge is -2.27. The monoisotopic (exact) mass is 355 g/mol. The zero-order valence-electron chi connectivity index (χ0n) is 15.2. The van der Waals surface area contributed by atoms with E-state index >= 15 is 0 Å². The lowest BCUT2D eigenvalue weighted by atomic mass is 10.2. The molecule has 1 saturated heterocycles. The maximum Gasteiger partial charge on any atom is 0.229 e. The van der Waals surface area contributed by atoms with Crippen molar-refractivity contribution < 1.29 is 9.32 Å². The van der Waals surface area contributed by atoms with Crippen LogP contribution in [0.5, 0.6) is 0 Å². The number of rotatable bonds is 7. The van der Waals surface area contributed by atoms with Gasteiger partial charge in [0.05, 0.1) is 0 Å². The van der Waals surface area contributed by atoms with E-state index in [-0.39, 0.29) is 11.9 Å². The minimum Gasteiger partial charge on any atom is -0.339 e. The van der Waals surface area contributed by atoms with E-state index in [0.717, 1.165) is 44.8 Å². The van der Waals surface area contributed by atoms with Crippen molar-refractivity contribution in [3.63, 3.8) is 0 Å². The van der Waals surface area contributed by atoms with Gasteiger partial charge in [-0.1, -0.05) is 11.2 Å². The highest BCUT2D eigenvalue weighted by atomic mass is 16.5. The van der Waals surface area contributed by atoms with Crippen LogP contribution in [0.4, 0.5) is 0 Å². The molecule has 1 aliphatic heterocycles. The number of hydrogen-bond acceptors (Lipinski definition) is 6. The van der Waals surface area contributed by atoms with Crippen molar-refractivity contribution in [2.45, 2.75) is 51.1 Å². The van der Waals surface area contributed by atoms with E-state index in [0.29, 0.717) is 24.7 Å². The molecule has 1 aliphatic carbocycles. The van der Waals surface area contributed by atoms with Crippen molar-refractivity contribution in [1.82, 2.24) is 24.9 Å². The van der Waals surface area contributed by atoms with Crippen molar-refractivity contribution in [2.75, 3.05) is 19.6 Å². The largest absolute Gasteiger partial charge is 0.339 e. The van der Waals surface area contributed by atoms with Gasteiger partial charge in [-0.25, -0.2) is 0 Å². The van der Waals surface area contributed by atoms with Crippen LogP contribution in [0.2, 0.25) is 0 Å². The van der Waals surface area contributed by atoms with E-state index in [1.165, 1.54) is 5.56 Å². The van der Waals surface area contributed by atoms with Gasteiger partial charge in [0.25, 0.3) is 0 Å². The number of carbonyl (C=O) groups is 1. The van der Waals surface area contributed by atoms with Crippen molar-refractivity contribution in [3.8, 4) is 0 Å². The molecule has 0 bridgehead atoms. The smallest absolute Gasteiger partial charge is 0.229 e. The first-order valence-corrected chi connectivity index (χ1v) is 9.40. The molecule has 26 heavy (non-hydrogen) atoms. The summed E-state index contributed by atoms with van der Waals surface area (Å²) in [6.45, 7) is 5.07. The molecule has 1 unspecified atom stereocenters. The Morgan fingerprint density at radius 3 is 3.00 bits per heavy atom. The summed E-state index contributed by atoms with van der Waals surface area (Å²) in [5.41, 5.74) is 1.21. The Hall–Kier alpha value is -2.28. The summed E-state index contributed by atoms with van der Waals surface area (Å²) in [5, 5.41) is 4.06. The summed E-state index contributed by atoms with van der Waals surface area (Å²) >= 11 is 0. The Kier molecular flexibility index (Phi) is 4.97. The molecule has 7 nitrogen and oxygen atoms in total. The fraction of sp³-hybridized carbons (Fsp3) is 0.579. The SMILES string of the molecule is CC(=O)N(CCc1noc(C2CC2)n1)C1CCN(Cc2cccnc2)C1. The molecule has 138 valence electrons. The predicted molar refractivity (Wildman–Crippen MR) is 95.3 cm³/mol. The first-order chi connectivity index (χ1) is 12.7. The molecule has 0 radical (unpaired) electrons. The van der Waals surface area contributed by atoms with Crippen LogP contribution in [0.15, 0.2) is 29.0 Å². The van der Waals surface area contributed by atoms with Crippen LogP contribution in [0, 0.1) is 0 Å². The van der Waals surface area contributed by atoms with E-state index in [1.54, 1.807) is 13.1 Å². The minimum atomic E-state index is 0.115. The Bertz CT molecular complexity index is 743. The van der Waals surface area contributed by atoms with Crippen molar-refractivity contribution in [1.29, 1.82) is 0 Å². The fourth-order valence-electron chi connectivity index (χ4n) is 3.64. The van der Waals surface area contributed by atoms with Crippen molar-refractivity contribution in [3.05, 3.63) is 41.8 Å². The molecule has 7 heteroatoms. The second-order valence-corrected chi connectivity index (χ2v) is 7.32. The average molecular weight is 355 g/mol. The van der Waals surface area contributed by atoms with Gasteiger partial charge in [0.15, 0.2) is 5.82 Å². The Labute approximate surface area is 153 Å². The lowest BCUT2D eigenvalue weighted by molar-refractivity contribution is -0.130. The standard InChI is InChI=1S/C19H25N5O2/c1-14(25)24(10-7-18-21-19(26-22-18)16-4-5-16)17-6-9-23(13-17)12-15-3-2-8-20-11-15/h2-3,8,11,16-17H,4-7,9-10,12-13H2,1H3. The fourth-order valence-corrected chi connectivity index (χ4v) is 3.64. The van der Waals surface area contributed by atoms with Gasteiger partial charge in [-0.3, -0.25) is 14.7 Å². The first-order valence-electron chi connectivity index (χ1n) is 9.40. The third-order valence-corrected chi connectivity index (χ3v) is 5.21. The quantitative estimate of drug-likeness (QED) is 0.756. The van der Waals surface area contributed by atoms with Crippen LogP contribution in [0.25, 0.3) is 0 Å². The third-order valence-electron chi connectivity index (χ3n) is 5.21. The van der Waals surface area contributed by atoms with Gasteiger partial charge in [-0.05, 0) is 30.9 Å². The summed E-state index contributed by atoms with van der Waals surface area (Å²) < 4.78 is 5.31. The summed E-state index contributed by atoms with van der Waals surface area (Å²) in [6, 6.07) is 4.31. The van der Waals surface area contributed by atoms with E-state index in [1.807, 2.05) is 17.2 Å². The Morgan fingerprint density at radius 2 is 2.27 bits per heavy atom. The van der Waals surface area contributed by atoms with Crippen LogP contribution >= 0.6 is 0 Å². The van der Waals surface area contributed by atoms with Crippen molar-refractivity contribution >= 4 is 5.91 Å². The molecule has 1 atom stereocenters. The number of amides is 1. The molecule has 1 amide bonds. The highest BCUT2D eigenvalue weighted by Crippen LogP contribution is 2.38. The number of likely N-dealkylation sites (tertiary alicyclic amines) is 1. The number of aromatic nitrogens is 3. The molecule has 2 fully saturated rings. The van der Waals surface area contributed by atoms with Crippen LogP contribution in [-0.2, 0) is 17.8 Å². The van der Waals surface area contributed by atoms with Crippen LogP contribution in [-0.4, -0.2) is 56.5 Å². The maximum atomic E-state index is 12.2. The maximum absolute atomic E-state index is 12.2. The lowest BCUT2D eigenvalue weighted by Crippen LogP contribution is -2.42. The van der Waals surface area contributed by atoms with Crippen LogP contribution in [0.3, 0.4) is 0 Å². The van der Waals surface area contributed by atoms with Gasteiger partial charge in [-0.2, -0.15) is 4.98 Å². The highest BCUT2D eigenvalue weighted by Gasteiger charge is 2.31. The van der Waals surface area contributed by atoms with E-state index < -0.39 is 0 Å². The molecule has 0 spiro atoms. The number of nitrogens with zero attached hydrogens (tertiary/aromatic N) is 5.